The third-order valence-electron chi connectivity index (χ3n) is 2.81. The van der Waals surface area contributed by atoms with Crippen LogP contribution in [0.2, 0.25) is 0 Å². The van der Waals surface area contributed by atoms with Gasteiger partial charge in [-0.2, -0.15) is 0 Å². The van der Waals surface area contributed by atoms with E-state index in [1.54, 1.807) is 42.6 Å². The number of carbonyl (C=O) groups is 3. The highest BCUT2D eigenvalue weighted by atomic mass is 16.5. The van der Waals surface area contributed by atoms with Crippen LogP contribution in [0.1, 0.15) is 20.8 Å². The van der Waals surface area contributed by atoms with E-state index in [1.807, 2.05) is 0 Å². The molecule has 114 valence electrons. The number of amides is 2. The zero-order chi connectivity index (χ0) is 15.9. The molecule has 22 heavy (non-hydrogen) atoms. The van der Waals surface area contributed by atoms with Gasteiger partial charge >= 0.3 is 5.97 Å². The number of nitrogens with one attached hydrogen (secondary N) is 3. The molecule has 1 aromatic carbocycles. The van der Waals surface area contributed by atoms with Crippen LogP contribution in [0.15, 0.2) is 42.6 Å². The van der Waals surface area contributed by atoms with Gasteiger partial charge in [0.1, 0.15) is 5.69 Å². The second-order valence-corrected chi connectivity index (χ2v) is 4.36. The number of H-pyrrole nitrogens is 1. The zero-order valence-electron chi connectivity index (χ0n) is 11.9. The van der Waals surface area contributed by atoms with E-state index < -0.39 is 18.5 Å². The molecule has 3 N–H and O–H groups in total. The van der Waals surface area contributed by atoms with Crippen LogP contribution in [0.5, 0.6) is 0 Å². The Kier molecular flexibility index (Phi) is 4.92. The van der Waals surface area contributed by atoms with Gasteiger partial charge in [-0.1, -0.05) is 0 Å². The van der Waals surface area contributed by atoms with Gasteiger partial charge in [0.2, 0.25) is 0 Å². The minimum atomic E-state index is -0.602. The maximum absolute atomic E-state index is 11.7. The maximum atomic E-state index is 11.7. The molecule has 0 aliphatic carbocycles. The predicted molar refractivity (Wildman–Crippen MR) is 79.5 cm³/mol. The number of hydrogen-bond acceptors (Lipinski definition) is 4. The molecule has 0 fully saturated rings. The number of ether oxygens (including phenoxy) is 1. The van der Waals surface area contributed by atoms with Crippen molar-refractivity contribution in [2.45, 2.75) is 0 Å². The highest BCUT2D eigenvalue weighted by Gasteiger charge is 2.11. The molecule has 0 saturated heterocycles. The molecule has 0 atom stereocenters. The molecule has 1 heterocycles. The molecule has 0 bridgehead atoms. The number of esters is 1. The van der Waals surface area contributed by atoms with Crippen molar-refractivity contribution in [3.63, 3.8) is 0 Å². The molecule has 2 aromatic rings. The van der Waals surface area contributed by atoms with Crippen molar-refractivity contribution in [1.82, 2.24) is 10.3 Å². The summed E-state index contributed by atoms with van der Waals surface area (Å²) in [5.41, 5.74) is 1.27. The molecule has 0 aliphatic heterocycles. The van der Waals surface area contributed by atoms with E-state index in [4.69, 9.17) is 4.74 Å². The fraction of sp³-hybridized carbons (Fsp3) is 0.133. The Balaban J connectivity index is 1.84. The Morgan fingerprint density at radius 2 is 1.86 bits per heavy atom. The van der Waals surface area contributed by atoms with Gasteiger partial charge in [-0.05, 0) is 36.4 Å². The Morgan fingerprint density at radius 1 is 1.14 bits per heavy atom. The summed E-state index contributed by atoms with van der Waals surface area (Å²) in [6, 6.07) is 9.56. The van der Waals surface area contributed by atoms with E-state index in [1.165, 1.54) is 7.05 Å². The number of hydrogen-bond donors (Lipinski definition) is 3. The average Bonchev–Trinajstić information content (AvgIpc) is 3.07. The Bertz CT molecular complexity index is 663. The fourth-order valence-corrected chi connectivity index (χ4v) is 1.71. The van der Waals surface area contributed by atoms with Crippen LogP contribution < -0.4 is 10.6 Å². The molecule has 2 amide bonds. The molecule has 0 unspecified atom stereocenters. The lowest BCUT2D eigenvalue weighted by molar-refractivity contribution is -0.119. The predicted octanol–water partition coefficient (Wildman–Crippen LogP) is 1.17. The smallest absolute Gasteiger partial charge is 0.355 e. The van der Waals surface area contributed by atoms with Crippen LogP contribution in [-0.2, 0) is 9.53 Å². The first-order chi connectivity index (χ1) is 10.6. The SMILES string of the molecule is CNC(=O)c1ccc(NC(=O)COC(=O)c2ccc[nH]2)cc1. The number of aromatic amines is 1. The van der Waals surface area contributed by atoms with Crippen LogP contribution in [-0.4, -0.2) is 36.4 Å². The number of anilines is 1. The van der Waals surface area contributed by atoms with Gasteiger partial charge in [-0.15, -0.1) is 0 Å². The van der Waals surface area contributed by atoms with Gasteiger partial charge in [0.15, 0.2) is 6.61 Å². The third-order valence-corrected chi connectivity index (χ3v) is 2.81. The Hall–Kier alpha value is -3.09. The van der Waals surface area contributed by atoms with Crippen LogP contribution >= 0.6 is 0 Å². The summed E-state index contributed by atoms with van der Waals surface area (Å²) in [6.07, 6.45) is 1.59. The van der Waals surface area contributed by atoms with Crippen molar-refractivity contribution in [3.05, 3.63) is 53.9 Å². The molecule has 0 spiro atoms. The molecule has 7 heteroatoms. The summed E-state index contributed by atoms with van der Waals surface area (Å²) in [7, 11) is 1.54. The first kappa shape index (κ1) is 15.3. The van der Waals surface area contributed by atoms with E-state index in [9.17, 15) is 14.4 Å². The monoisotopic (exact) mass is 301 g/mol. The van der Waals surface area contributed by atoms with Crippen molar-refractivity contribution >= 4 is 23.5 Å². The van der Waals surface area contributed by atoms with Crippen LogP contribution in [0.3, 0.4) is 0 Å². The summed E-state index contributed by atoms with van der Waals surface area (Å²) < 4.78 is 4.85. The van der Waals surface area contributed by atoms with Gasteiger partial charge < -0.3 is 20.4 Å². The number of carbonyl (C=O) groups excluding carboxylic acids is 3. The summed E-state index contributed by atoms with van der Waals surface area (Å²) in [4.78, 5) is 37.3. The van der Waals surface area contributed by atoms with E-state index in [2.05, 4.69) is 15.6 Å². The van der Waals surface area contributed by atoms with Crippen LogP contribution in [0.25, 0.3) is 0 Å². The highest BCUT2D eigenvalue weighted by molar-refractivity contribution is 5.96. The normalized spacial score (nSPS) is 9.86. The lowest BCUT2D eigenvalue weighted by atomic mass is 10.2. The second kappa shape index (κ2) is 7.07. The average molecular weight is 301 g/mol. The van der Waals surface area contributed by atoms with Crippen molar-refractivity contribution < 1.29 is 19.1 Å². The lowest BCUT2D eigenvalue weighted by Gasteiger charge is -2.07. The molecule has 0 radical (unpaired) electrons. The first-order valence-electron chi connectivity index (χ1n) is 6.52. The Labute approximate surface area is 126 Å². The minimum absolute atomic E-state index is 0.210. The van der Waals surface area contributed by atoms with E-state index in [0.717, 1.165) is 0 Å². The lowest BCUT2D eigenvalue weighted by Crippen LogP contribution is -2.21. The van der Waals surface area contributed by atoms with Crippen LogP contribution in [0.4, 0.5) is 5.69 Å². The number of benzene rings is 1. The third kappa shape index (κ3) is 3.95. The molecule has 0 aliphatic rings. The summed E-state index contributed by atoms with van der Waals surface area (Å²) in [6.45, 7) is -0.394. The molecular weight excluding hydrogens is 286 g/mol. The largest absolute Gasteiger partial charge is 0.451 e. The highest BCUT2D eigenvalue weighted by Crippen LogP contribution is 2.09. The van der Waals surface area contributed by atoms with E-state index in [0.29, 0.717) is 11.3 Å². The van der Waals surface area contributed by atoms with Gasteiger partial charge in [0, 0.05) is 24.5 Å². The van der Waals surface area contributed by atoms with E-state index in [-0.39, 0.29) is 11.6 Å². The molecule has 2 rings (SSSR count). The molecule has 7 nitrogen and oxygen atoms in total. The molecular formula is C15H15N3O4. The van der Waals surface area contributed by atoms with Gasteiger partial charge in [-0.3, -0.25) is 9.59 Å². The first-order valence-corrected chi connectivity index (χ1v) is 6.52. The van der Waals surface area contributed by atoms with Crippen molar-refractivity contribution in [2.24, 2.45) is 0 Å². The van der Waals surface area contributed by atoms with Gasteiger partial charge in [0.05, 0.1) is 0 Å². The molecule has 1 aromatic heterocycles. The summed E-state index contributed by atoms with van der Waals surface area (Å²) in [5, 5.41) is 5.07. The van der Waals surface area contributed by atoms with Gasteiger partial charge in [-0.25, -0.2) is 4.79 Å². The quantitative estimate of drug-likeness (QED) is 0.722. The van der Waals surface area contributed by atoms with Gasteiger partial charge in [0.25, 0.3) is 11.8 Å². The molecule has 0 saturated carbocycles. The van der Waals surface area contributed by atoms with Crippen molar-refractivity contribution in [2.75, 3.05) is 19.0 Å². The second-order valence-electron chi connectivity index (χ2n) is 4.36. The maximum Gasteiger partial charge on any atom is 0.355 e. The zero-order valence-corrected chi connectivity index (χ0v) is 11.9. The minimum Gasteiger partial charge on any atom is -0.451 e. The topological polar surface area (TPSA) is 100 Å². The van der Waals surface area contributed by atoms with E-state index >= 15 is 0 Å². The van der Waals surface area contributed by atoms with Crippen LogP contribution in [0, 0.1) is 0 Å². The number of rotatable bonds is 5. The number of aromatic nitrogens is 1. The summed E-state index contributed by atoms with van der Waals surface area (Å²) >= 11 is 0. The van der Waals surface area contributed by atoms with Crippen molar-refractivity contribution in [3.8, 4) is 0 Å². The fourth-order valence-electron chi connectivity index (χ4n) is 1.71. The summed E-state index contributed by atoms with van der Waals surface area (Å²) in [5.74, 6) is -1.28. The van der Waals surface area contributed by atoms with Crippen molar-refractivity contribution in [1.29, 1.82) is 0 Å². The Morgan fingerprint density at radius 3 is 2.45 bits per heavy atom. The standard InChI is InChI=1S/C15H15N3O4/c1-16-14(20)10-4-6-11(7-5-10)18-13(19)9-22-15(21)12-3-2-8-17-12/h2-8,17H,9H2,1H3,(H,16,20)(H,18,19).